The summed E-state index contributed by atoms with van der Waals surface area (Å²) in [6.45, 7) is 98.8. The van der Waals surface area contributed by atoms with E-state index in [1.54, 1.807) is 21.3 Å². The van der Waals surface area contributed by atoms with Crippen LogP contribution in [0.15, 0.2) is 0 Å². The molecule has 0 amide bonds. The van der Waals surface area contributed by atoms with E-state index in [4.69, 9.17) is 52.1 Å². The van der Waals surface area contributed by atoms with E-state index >= 15 is 0 Å². The van der Waals surface area contributed by atoms with Crippen molar-refractivity contribution in [2.75, 3.05) is 195 Å². The van der Waals surface area contributed by atoms with Gasteiger partial charge in [-0.3, -0.25) is 4.79 Å². The van der Waals surface area contributed by atoms with Gasteiger partial charge in [0.2, 0.25) is 0 Å². The van der Waals surface area contributed by atoms with E-state index < -0.39 is 0 Å². The first-order valence-corrected chi connectivity index (χ1v) is 48.3. The molecule has 0 saturated heterocycles. The van der Waals surface area contributed by atoms with Gasteiger partial charge < -0.3 is 66.8 Å². The molecule has 0 aliphatic heterocycles. The zero-order valence-electron chi connectivity index (χ0n) is 88.5. The first kappa shape index (κ1) is 143. The van der Waals surface area contributed by atoms with E-state index in [-0.39, 0.29) is 18.8 Å². The van der Waals surface area contributed by atoms with E-state index in [0.717, 1.165) is 190 Å². The van der Waals surface area contributed by atoms with Crippen molar-refractivity contribution in [2.24, 2.45) is 87.8 Å². The van der Waals surface area contributed by atoms with Crippen LogP contribution in [0.5, 0.6) is 0 Å². The van der Waals surface area contributed by atoms with Gasteiger partial charge in [0.05, 0.1) is 65.4 Å². The molecule has 0 N–H and O–H groups in total. The Kier molecular flexibility index (Phi) is 133. The highest BCUT2D eigenvalue weighted by atomic mass is 16.5. The summed E-state index contributed by atoms with van der Waals surface area (Å²) in [4.78, 5) is 17.9. The second kappa shape index (κ2) is 110. The maximum Gasteiger partial charge on any atom is 0.308 e. The van der Waals surface area contributed by atoms with Crippen molar-refractivity contribution in [3.63, 3.8) is 0 Å². The van der Waals surface area contributed by atoms with Gasteiger partial charge in [0.15, 0.2) is 0 Å². The van der Waals surface area contributed by atoms with Crippen molar-refractivity contribution in [3.05, 3.63) is 0 Å². The standard InChI is InChI=1S/C15H32O3.C14H30O2.C12H26.C10H20O3.C9H21N.C9H20O2.C8H19N.C7H17N.C7H16O.C6H14O.C5H12.CH4/c1-14(2)8-6-9-17-10-7-11-18-13-15(3,4)12-16-5;1-5-6-7-14(4)12-16-11-10-15-9-8-13(2)3;1-10(2)7-8-11(3)9-12(4,5)6;1-4-12-7-6-10(11)13-8-5-9(2)3;1-5-10(6-2)8-7-9(3)4;1-4-10-7-8-11-6-5-9(2)3;1-8(2)6-5-7-9(3)4;1-7(2)5-6-8(3)4;1-6(2)5-7(3)8-4;1-6(2)4-5-7-3;1-4-5(2)3;/h14H,6-13H2,1-5H3;13-14H,5-12H2,1-4H3;10-11H,7-9H2,1-6H3;9H,4-8H2,1-3H3;9H,5-8H2,1-4H3;9H,4-8H2,1-3H3;8H,5-7H2,1-4H3;7H,5-6H2,1-4H3;6-7H,5H2,1-4H3;6H,4-5H2,1-3H3;5H,4H2,1-3H3;1H4. The maximum absolute atomic E-state index is 11.0. The van der Waals surface area contributed by atoms with Gasteiger partial charge in [0.1, 0.15) is 0 Å². The fourth-order valence-electron chi connectivity index (χ4n) is 9.85. The molecule has 15 nitrogen and oxygen atoms in total. The lowest BCUT2D eigenvalue weighted by Gasteiger charge is -2.23. The Morgan fingerprint density at radius 2 is 0.737 bits per heavy atom. The van der Waals surface area contributed by atoms with Gasteiger partial charge in [-0.2, -0.15) is 0 Å². The van der Waals surface area contributed by atoms with Gasteiger partial charge in [-0.1, -0.05) is 268 Å². The fourth-order valence-corrected chi connectivity index (χ4v) is 9.85. The quantitative estimate of drug-likeness (QED) is 0.0423. The number of hydrogen-bond donors (Lipinski definition) is 0. The first-order chi connectivity index (χ1) is 54.5. The molecule has 0 spiro atoms. The van der Waals surface area contributed by atoms with Gasteiger partial charge in [0, 0.05) is 86.2 Å². The van der Waals surface area contributed by atoms with E-state index in [0.29, 0.717) is 49.6 Å². The monoisotopic (exact) mass is 1700 g/mol. The molecule has 0 bridgehead atoms. The number of ether oxygens (including phenoxy) is 11. The van der Waals surface area contributed by atoms with Gasteiger partial charge in [-0.25, -0.2) is 0 Å². The molecule has 0 aliphatic carbocycles. The Balaban J connectivity index is -0.000000106. The van der Waals surface area contributed by atoms with Gasteiger partial charge in [-0.05, 0) is 254 Å². The summed E-state index contributed by atoms with van der Waals surface area (Å²) < 4.78 is 57.8. The normalized spacial score (nSPS) is 12.0. The minimum Gasteiger partial charge on any atom is -0.466 e. The van der Waals surface area contributed by atoms with Gasteiger partial charge in [0.25, 0.3) is 0 Å². The lowest BCUT2D eigenvalue weighted by Crippen LogP contribution is -2.25. The van der Waals surface area contributed by atoms with Crippen LogP contribution in [0, 0.1) is 87.8 Å². The zero-order valence-corrected chi connectivity index (χ0v) is 88.5. The molecule has 0 saturated carbocycles. The molecule has 0 aliphatic rings. The molecular formula is C103H231N3O12. The molecular weight excluding hydrogens is 1470 g/mol. The van der Waals surface area contributed by atoms with Crippen molar-refractivity contribution in [1.82, 2.24) is 14.7 Å². The molecule has 15 heteroatoms. The van der Waals surface area contributed by atoms with Crippen LogP contribution in [-0.4, -0.2) is 221 Å². The van der Waals surface area contributed by atoms with Crippen LogP contribution in [0.3, 0.4) is 0 Å². The SMILES string of the molecule is C.CC(C)CCC(C)CC(C)(C)C.CC(C)CCCN(C)C.CC(C)CCN(C)C.CCC(C)C.CCCCC(C)COCCOCCC(C)C.CCN(CC)CCC(C)C.CCOCCC(=O)OCCC(C)C.CCOCCOCCC(C)C.COC(C)CC(C)C.COCC(C)(C)COCCCOCCCC(C)C.COCCC(C)C. The Labute approximate surface area is 747 Å². The van der Waals surface area contributed by atoms with Gasteiger partial charge >= 0.3 is 5.97 Å². The van der Waals surface area contributed by atoms with Crippen LogP contribution >= 0.6 is 0 Å². The van der Waals surface area contributed by atoms with Crippen LogP contribution in [0.25, 0.3) is 0 Å². The van der Waals surface area contributed by atoms with Crippen molar-refractivity contribution in [3.8, 4) is 0 Å². The van der Waals surface area contributed by atoms with Crippen LogP contribution in [0.4, 0.5) is 0 Å². The summed E-state index contributed by atoms with van der Waals surface area (Å²) in [5, 5.41) is 0. The van der Waals surface area contributed by atoms with Crippen LogP contribution in [-0.2, 0) is 56.9 Å². The molecule has 730 valence electrons. The lowest BCUT2D eigenvalue weighted by atomic mass is 9.83. The molecule has 0 rings (SSSR count). The topological polar surface area (TPSA) is 128 Å². The number of carbonyl (C=O) groups excluding carboxylic acids is 1. The Bertz CT molecular complexity index is 1700. The van der Waals surface area contributed by atoms with E-state index in [1.807, 2.05) is 13.8 Å². The van der Waals surface area contributed by atoms with Crippen molar-refractivity contribution < 1.29 is 56.9 Å². The van der Waals surface area contributed by atoms with E-state index in [2.05, 4.69) is 278 Å². The van der Waals surface area contributed by atoms with Crippen LogP contribution in [0.1, 0.15) is 385 Å². The minimum absolute atomic E-state index is 0. The largest absolute Gasteiger partial charge is 0.466 e. The predicted molar refractivity (Wildman–Crippen MR) is 528 cm³/mol. The molecule has 0 radical (unpaired) electrons. The Morgan fingerprint density at radius 3 is 1.10 bits per heavy atom. The average molecular weight is 1700 g/mol. The third-order valence-electron chi connectivity index (χ3n) is 17.9. The molecule has 0 heterocycles. The van der Waals surface area contributed by atoms with Gasteiger partial charge in [-0.15, -0.1) is 0 Å². The lowest BCUT2D eigenvalue weighted by molar-refractivity contribution is -0.145. The Morgan fingerprint density at radius 1 is 0.339 bits per heavy atom. The second-order valence-electron chi connectivity index (χ2n) is 39.6. The van der Waals surface area contributed by atoms with Crippen LogP contribution in [0.2, 0.25) is 0 Å². The number of carbonyl (C=O) groups is 1. The summed E-state index contributed by atoms with van der Waals surface area (Å²) in [6.07, 6.45) is 24.4. The minimum atomic E-state index is -0.158. The summed E-state index contributed by atoms with van der Waals surface area (Å²) in [5.74, 6) is 10.1. The first-order valence-electron chi connectivity index (χ1n) is 48.3. The highest BCUT2D eigenvalue weighted by molar-refractivity contribution is 5.69. The Hall–Kier alpha value is -1.05. The van der Waals surface area contributed by atoms with Crippen molar-refractivity contribution in [1.29, 1.82) is 0 Å². The number of rotatable bonds is 60. The zero-order chi connectivity index (χ0) is 92.9. The molecule has 118 heavy (non-hydrogen) atoms. The summed E-state index contributed by atoms with van der Waals surface area (Å²) in [6, 6.07) is 0. The summed E-state index contributed by atoms with van der Waals surface area (Å²) in [7, 11) is 13.7. The number of unbranched alkanes of at least 4 members (excludes halogenated alkanes) is 1. The number of methoxy groups -OCH3 is 3. The second-order valence-corrected chi connectivity index (χ2v) is 39.6. The molecule has 3 atom stereocenters. The average Bonchev–Trinajstić information content (AvgIpc) is 0.951. The fraction of sp³-hybridized carbons (Fsp3) is 0.990. The summed E-state index contributed by atoms with van der Waals surface area (Å²) in [5.41, 5.74) is 0.614. The molecule has 0 fully saturated rings. The van der Waals surface area contributed by atoms with E-state index in [9.17, 15) is 4.79 Å². The third-order valence-corrected chi connectivity index (χ3v) is 17.9. The predicted octanol–water partition coefficient (Wildman–Crippen LogP) is 28.4. The smallest absolute Gasteiger partial charge is 0.308 e. The maximum atomic E-state index is 11.0. The summed E-state index contributed by atoms with van der Waals surface area (Å²) >= 11 is 0. The molecule has 0 aromatic rings. The highest BCUT2D eigenvalue weighted by Gasteiger charge is 2.18. The molecule has 3 unspecified atom stereocenters. The van der Waals surface area contributed by atoms with Crippen molar-refractivity contribution >= 4 is 5.97 Å². The van der Waals surface area contributed by atoms with Crippen molar-refractivity contribution in [2.45, 2.75) is 391 Å². The third kappa shape index (κ3) is 180. The van der Waals surface area contributed by atoms with Crippen LogP contribution < -0.4 is 0 Å². The highest BCUT2D eigenvalue weighted by Crippen LogP contribution is 2.27. The molecule has 0 aromatic carbocycles. The number of nitrogens with zero attached hydrogens (tertiary/aromatic N) is 3. The van der Waals surface area contributed by atoms with E-state index in [1.165, 1.54) is 123 Å². The number of esters is 1. The number of hydrogen-bond acceptors (Lipinski definition) is 15. The molecule has 0 aromatic heterocycles.